The maximum atomic E-state index is 6.17. The Morgan fingerprint density at radius 3 is 1.78 bits per heavy atom. The Bertz CT molecular complexity index is 454. The molecule has 0 radical (unpaired) electrons. The van der Waals surface area contributed by atoms with Crippen molar-refractivity contribution in [3.63, 3.8) is 0 Å². The molecule has 0 amide bonds. The SMILES string of the molecule is C=CCO[Si](C)(c1ccccc1)c1ccccc1. The molecular weight excluding hydrogens is 236 g/mol. The smallest absolute Gasteiger partial charge is 0.253 e. The first-order chi connectivity index (χ1) is 8.77. The van der Waals surface area contributed by atoms with Crippen molar-refractivity contribution in [1.29, 1.82) is 0 Å². The van der Waals surface area contributed by atoms with Gasteiger partial charge in [0.15, 0.2) is 0 Å². The summed E-state index contributed by atoms with van der Waals surface area (Å²) in [5, 5.41) is 2.58. The Labute approximate surface area is 110 Å². The lowest BCUT2D eigenvalue weighted by Gasteiger charge is -2.27. The van der Waals surface area contributed by atoms with Crippen LogP contribution in [0.2, 0.25) is 6.55 Å². The number of hydrogen-bond donors (Lipinski definition) is 0. The van der Waals surface area contributed by atoms with Crippen molar-refractivity contribution in [2.75, 3.05) is 6.61 Å². The summed E-state index contributed by atoms with van der Waals surface area (Å²) in [7, 11) is -2.09. The van der Waals surface area contributed by atoms with Crippen LogP contribution in [0, 0.1) is 0 Å². The second-order valence-corrected chi connectivity index (χ2v) is 7.87. The second kappa shape index (κ2) is 5.80. The summed E-state index contributed by atoms with van der Waals surface area (Å²) in [5.41, 5.74) is 0. The minimum atomic E-state index is -2.09. The van der Waals surface area contributed by atoms with Crippen molar-refractivity contribution in [2.24, 2.45) is 0 Å². The summed E-state index contributed by atoms with van der Waals surface area (Å²) < 4.78 is 6.17. The van der Waals surface area contributed by atoms with Gasteiger partial charge < -0.3 is 4.43 Å². The van der Waals surface area contributed by atoms with E-state index in [2.05, 4.69) is 61.7 Å². The zero-order valence-corrected chi connectivity index (χ0v) is 11.7. The fraction of sp³-hybridized carbons (Fsp3) is 0.125. The van der Waals surface area contributed by atoms with E-state index >= 15 is 0 Å². The van der Waals surface area contributed by atoms with Gasteiger partial charge in [-0.3, -0.25) is 0 Å². The van der Waals surface area contributed by atoms with Gasteiger partial charge in [0.25, 0.3) is 8.32 Å². The fourth-order valence-corrected chi connectivity index (χ4v) is 4.85. The molecule has 92 valence electrons. The minimum absolute atomic E-state index is 0.590. The molecule has 18 heavy (non-hydrogen) atoms. The van der Waals surface area contributed by atoms with Crippen LogP contribution in [0.4, 0.5) is 0 Å². The average molecular weight is 254 g/mol. The fourth-order valence-electron chi connectivity index (χ4n) is 2.07. The van der Waals surface area contributed by atoms with Gasteiger partial charge in [-0.25, -0.2) is 0 Å². The van der Waals surface area contributed by atoms with Crippen LogP contribution >= 0.6 is 0 Å². The monoisotopic (exact) mass is 254 g/mol. The molecule has 0 N–H and O–H groups in total. The topological polar surface area (TPSA) is 9.23 Å². The summed E-state index contributed by atoms with van der Waals surface area (Å²) in [5.74, 6) is 0. The Morgan fingerprint density at radius 1 is 0.944 bits per heavy atom. The highest BCUT2D eigenvalue weighted by Gasteiger charge is 2.33. The predicted octanol–water partition coefficient (Wildman–Crippen LogP) is 2.58. The summed E-state index contributed by atoms with van der Waals surface area (Å²) in [6.45, 7) is 6.58. The standard InChI is InChI=1S/C16H18OSi/c1-3-14-17-18(2,15-10-6-4-7-11-15)16-12-8-5-9-13-16/h3-13H,1,14H2,2H3. The second-order valence-electron chi connectivity index (χ2n) is 4.36. The Hall–Kier alpha value is -1.64. The molecule has 0 saturated carbocycles. The van der Waals surface area contributed by atoms with E-state index in [0.717, 1.165) is 0 Å². The molecule has 0 aliphatic heterocycles. The molecule has 0 aliphatic rings. The van der Waals surface area contributed by atoms with Crippen molar-refractivity contribution < 1.29 is 4.43 Å². The van der Waals surface area contributed by atoms with E-state index in [1.54, 1.807) is 0 Å². The van der Waals surface area contributed by atoms with E-state index in [9.17, 15) is 0 Å². The Balaban J connectivity index is 2.44. The molecule has 0 bridgehead atoms. The molecule has 0 aliphatic carbocycles. The van der Waals surface area contributed by atoms with Crippen molar-refractivity contribution >= 4 is 18.7 Å². The van der Waals surface area contributed by atoms with E-state index in [0.29, 0.717) is 6.61 Å². The van der Waals surface area contributed by atoms with Gasteiger partial charge in [0.1, 0.15) is 0 Å². The van der Waals surface area contributed by atoms with E-state index in [1.807, 2.05) is 18.2 Å². The average Bonchev–Trinajstić information content (AvgIpc) is 2.46. The van der Waals surface area contributed by atoms with Gasteiger partial charge in [0.2, 0.25) is 0 Å². The highest BCUT2D eigenvalue weighted by atomic mass is 28.4. The minimum Gasteiger partial charge on any atom is -0.405 e. The number of benzene rings is 2. The highest BCUT2D eigenvalue weighted by molar-refractivity contribution is 6.96. The third-order valence-electron chi connectivity index (χ3n) is 3.14. The van der Waals surface area contributed by atoms with Gasteiger partial charge in [0, 0.05) is 0 Å². The van der Waals surface area contributed by atoms with Crippen LogP contribution in [0.25, 0.3) is 0 Å². The third-order valence-corrected chi connectivity index (χ3v) is 6.75. The maximum Gasteiger partial charge on any atom is 0.253 e. The van der Waals surface area contributed by atoms with E-state index in [-0.39, 0.29) is 0 Å². The Morgan fingerprint density at radius 2 is 1.39 bits per heavy atom. The van der Waals surface area contributed by atoms with Crippen LogP contribution in [0.3, 0.4) is 0 Å². The molecule has 0 unspecified atom stereocenters. The molecule has 2 heteroatoms. The summed E-state index contributed by atoms with van der Waals surface area (Å²) >= 11 is 0. The van der Waals surface area contributed by atoms with Crippen LogP contribution in [0.1, 0.15) is 0 Å². The molecule has 0 atom stereocenters. The highest BCUT2D eigenvalue weighted by Crippen LogP contribution is 2.07. The molecule has 0 aromatic heterocycles. The molecule has 0 saturated heterocycles. The molecule has 0 fully saturated rings. The van der Waals surface area contributed by atoms with Crippen LogP contribution in [-0.4, -0.2) is 14.9 Å². The number of hydrogen-bond acceptors (Lipinski definition) is 1. The van der Waals surface area contributed by atoms with Crippen LogP contribution in [0.5, 0.6) is 0 Å². The predicted molar refractivity (Wildman–Crippen MR) is 79.9 cm³/mol. The van der Waals surface area contributed by atoms with Gasteiger partial charge in [-0.15, -0.1) is 6.58 Å². The first-order valence-electron chi connectivity index (χ1n) is 6.13. The molecule has 0 heterocycles. The van der Waals surface area contributed by atoms with E-state index < -0.39 is 8.32 Å². The molecule has 2 rings (SSSR count). The lowest BCUT2D eigenvalue weighted by molar-refractivity contribution is 0.367. The van der Waals surface area contributed by atoms with Crippen molar-refractivity contribution in [1.82, 2.24) is 0 Å². The van der Waals surface area contributed by atoms with Crippen molar-refractivity contribution in [3.05, 3.63) is 73.3 Å². The molecule has 2 aromatic rings. The van der Waals surface area contributed by atoms with Gasteiger partial charge >= 0.3 is 0 Å². The largest absolute Gasteiger partial charge is 0.405 e. The van der Waals surface area contributed by atoms with Gasteiger partial charge in [-0.05, 0) is 16.9 Å². The van der Waals surface area contributed by atoms with Crippen molar-refractivity contribution in [3.8, 4) is 0 Å². The quantitative estimate of drug-likeness (QED) is 0.588. The Kier molecular flexibility index (Phi) is 4.13. The molecule has 2 aromatic carbocycles. The van der Waals surface area contributed by atoms with Crippen LogP contribution in [-0.2, 0) is 4.43 Å². The first-order valence-corrected chi connectivity index (χ1v) is 8.54. The third kappa shape index (κ3) is 2.60. The summed E-state index contributed by atoms with van der Waals surface area (Å²) in [6.07, 6.45) is 1.82. The van der Waals surface area contributed by atoms with Gasteiger partial charge in [0.05, 0.1) is 6.61 Å². The van der Waals surface area contributed by atoms with Crippen molar-refractivity contribution in [2.45, 2.75) is 6.55 Å². The van der Waals surface area contributed by atoms with Crippen LogP contribution < -0.4 is 10.4 Å². The molecule has 1 nitrogen and oxygen atoms in total. The lowest BCUT2D eigenvalue weighted by Crippen LogP contribution is -2.58. The van der Waals surface area contributed by atoms with Gasteiger partial charge in [-0.2, -0.15) is 0 Å². The maximum absolute atomic E-state index is 6.17. The number of rotatable bonds is 5. The lowest BCUT2D eigenvalue weighted by atomic mass is 10.4. The zero-order valence-electron chi connectivity index (χ0n) is 10.7. The summed E-state index contributed by atoms with van der Waals surface area (Å²) in [6, 6.07) is 21.0. The first kappa shape index (κ1) is 12.8. The van der Waals surface area contributed by atoms with E-state index in [1.165, 1.54) is 10.4 Å². The zero-order chi connectivity index (χ0) is 12.8. The normalized spacial score (nSPS) is 11.2. The summed E-state index contributed by atoms with van der Waals surface area (Å²) in [4.78, 5) is 0. The van der Waals surface area contributed by atoms with Gasteiger partial charge in [-0.1, -0.05) is 66.7 Å². The molecular formula is C16H18OSi. The van der Waals surface area contributed by atoms with E-state index in [4.69, 9.17) is 4.43 Å². The van der Waals surface area contributed by atoms with Crippen LogP contribution in [0.15, 0.2) is 73.3 Å². The molecule has 0 spiro atoms.